The minimum absolute atomic E-state index is 0.0258. The summed E-state index contributed by atoms with van der Waals surface area (Å²) in [5.41, 5.74) is 18.8. The number of hydrogen-bond acceptors (Lipinski definition) is 4. The predicted octanol–water partition coefficient (Wildman–Crippen LogP) is 15.1. The molecule has 0 saturated heterocycles. The van der Waals surface area contributed by atoms with Crippen LogP contribution in [0.15, 0.2) is 142 Å². The monoisotopic (exact) mass is 830 g/mol. The van der Waals surface area contributed by atoms with Gasteiger partial charge in [0, 0.05) is 81.2 Å². The van der Waals surface area contributed by atoms with E-state index in [0.717, 1.165) is 49.6 Å². The van der Waals surface area contributed by atoms with Crippen molar-refractivity contribution in [2.24, 2.45) is 0 Å². The van der Waals surface area contributed by atoms with E-state index in [1.54, 1.807) is 0 Å². The molecule has 6 heteroatoms. The Kier molecular flexibility index (Phi) is 6.72. The second kappa shape index (κ2) is 11.8. The third-order valence-electron chi connectivity index (χ3n) is 14.4. The molecule has 2 aliphatic heterocycles. The number of rotatable bonds is 1. The summed E-state index contributed by atoms with van der Waals surface area (Å²) < 4.78 is 18.5. The molecule has 0 unspecified atom stereocenters. The Morgan fingerprint density at radius 1 is 0.508 bits per heavy atom. The Morgan fingerprint density at radius 3 is 1.87 bits per heavy atom. The first-order valence-corrected chi connectivity index (χ1v) is 23.0. The zero-order chi connectivity index (χ0) is 42.4. The Labute approximate surface area is 369 Å². The molecule has 6 heterocycles. The highest BCUT2D eigenvalue weighted by Gasteiger charge is 2.45. The van der Waals surface area contributed by atoms with Gasteiger partial charge in [0.15, 0.2) is 0 Å². The number of aromatic nitrogens is 1. The van der Waals surface area contributed by atoms with Crippen LogP contribution in [0.1, 0.15) is 58.2 Å². The van der Waals surface area contributed by atoms with Crippen molar-refractivity contribution >= 4 is 126 Å². The van der Waals surface area contributed by atoms with Crippen LogP contribution in [0.4, 0.5) is 11.4 Å². The lowest BCUT2D eigenvalue weighted by Crippen LogP contribution is -2.60. The first kappa shape index (κ1) is 35.8. The van der Waals surface area contributed by atoms with E-state index in [1.807, 2.05) is 11.3 Å². The molecule has 8 aromatic carbocycles. The lowest BCUT2D eigenvalue weighted by atomic mass is 9.43. The van der Waals surface area contributed by atoms with Crippen molar-refractivity contribution in [1.29, 1.82) is 0 Å². The third kappa shape index (κ3) is 4.72. The summed E-state index contributed by atoms with van der Waals surface area (Å²) in [4.78, 5) is 2.67. The zero-order valence-electron chi connectivity index (χ0n) is 36.4. The van der Waals surface area contributed by atoms with Gasteiger partial charge in [-0.3, -0.25) is 0 Å². The molecule has 0 N–H and O–H groups in total. The van der Waals surface area contributed by atoms with Gasteiger partial charge in [-0.25, -0.2) is 0 Å². The van der Waals surface area contributed by atoms with Crippen LogP contribution in [0.3, 0.4) is 0 Å². The highest BCUT2D eigenvalue weighted by atomic mass is 32.1. The summed E-state index contributed by atoms with van der Waals surface area (Å²) in [6, 6.07) is 50.4. The smallest absolute Gasteiger partial charge is 0.333 e. The van der Waals surface area contributed by atoms with Crippen molar-refractivity contribution in [2.45, 2.75) is 59.3 Å². The van der Waals surface area contributed by atoms with Crippen molar-refractivity contribution in [3.05, 3.63) is 150 Å². The van der Waals surface area contributed by atoms with Gasteiger partial charge in [0.05, 0.1) is 11.0 Å². The number of benzene rings is 8. The van der Waals surface area contributed by atoms with E-state index in [2.05, 4.69) is 191 Å². The number of thiophene rings is 1. The van der Waals surface area contributed by atoms with Crippen LogP contribution in [0, 0.1) is 6.92 Å². The summed E-state index contributed by atoms with van der Waals surface area (Å²) in [5, 5.41) is 9.66. The average molecular weight is 831 g/mol. The van der Waals surface area contributed by atoms with E-state index in [0.29, 0.717) is 0 Å². The van der Waals surface area contributed by atoms with E-state index in [4.69, 9.17) is 8.83 Å². The molecule has 0 radical (unpaired) electrons. The highest BCUT2D eigenvalue weighted by Crippen LogP contribution is 2.51. The largest absolute Gasteiger partial charge is 0.456 e. The number of hydrogen-bond donors (Lipinski definition) is 0. The lowest BCUT2D eigenvalue weighted by Gasteiger charge is -2.42. The molecule has 0 amide bonds. The number of fused-ring (bicyclic) bond motifs is 17. The van der Waals surface area contributed by atoms with Gasteiger partial charge in [0.1, 0.15) is 22.3 Å². The van der Waals surface area contributed by atoms with E-state index in [1.165, 1.54) is 92.1 Å². The fourth-order valence-electron chi connectivity index (χ4n) is 11.3. The Bertz CT molecular complexity index is 4010. The van der Waals surface area contributed by atoms with Crippen LogP contribution in [0.5, 0.6) is 0 Å². The van der Waals surface area contributed by atoms with Crippen molar-refractivity contribution < 1.29 is 8.83 Å². The maximum atomic E-state index is 6.72. The molecule has 0 spiro atoms. The summed E-state index contributed by atoms with van der Waals surface area (Å²) in [7, 11) is 0. The number of anilines is 2. The van der Waals surface area contributed by atoms with Crippen LogP contribution >= 0.6 is 11.3 Å². The molecule has 2 aliphatic rings. The Balaban J connectivity index is 1.17. The topological polar surface area (TPSA) is 34.5 Å². The van der Waals surface area contributed by atoms with Gasteiger partial charge in [-0.05, 0) is 112 Å². The molecule has 302 valence electrons. The molecule has 0 aliphatic carbocycles. The minimum Gasteiger partial charge on any atom is -0.456 e. The second-order valence-electron chi connectivity index (χ2n) is 20.2. The van der Waals surface area contributed by atoms with E-state index in [9.17, 15) is 0 Å². The fraction of sp³-hybridized carbons (Fsp3) is 0.158. The van der Waals surface area contributed by atoms with Gasteiger partial charge < -0.3 is 18.2 Å². The molecular formula is C57H43BN2O2S. The van der Waals surface area contributed by atoms with Crippen molar-refractivity contribution in [3.8, 4) is 16.8 Å². The molecule has 0 fully saturated rings. The van der Waals surface area contributed by atoms with Crippen LogP contribution in [0.25, 0.3) is 103 Å². The standard InChI is InChI=1S/C57H43BN2O2S/c1-30-22-41-36-28-52-40(39-23-32(57(5,6)7)18-21-51(39)63-52)26-45(36)60(33-19-16-31(17-20-33)56(2,3)4)58-43-24-37-34-12-8-10-14-47(34)62-50(37)29-46(43)59-44-25-38-35-13-9-11-15-48(35)61-49(38)27-42(44)53(30)55(59)54(41)58/h8-29H,1-7H3. The molecule has 0 bridgehead atoms. The Morgan fingerprint density at radius 2 is 1.16 bits per heavy atom. The molecule has 4 nitrogen and oxygen atoms in total. The Hall–Kier alpha value is -6.76. The predicted molar refractivity (Wildman–Crippen MR) is 269 cm³/mol. The molecule has 14 rings (SSSR count). The highest BCUT2D eigenvalue weighted by molar-refractivity contribution is 7.25. The number of nitrogens with zero attached hydrogens (tertiary/aromatic N) is 2. The van der Waals surface area contributed by atoms with Gasteiger partial charge >= 0.3 is 6.85 Å². The molecule has 4 aromatic heterocycles. The molecule has 0 saturated carbocycles. The maximum absolute atomic E-state index is 6.72. The summed E-state index contributed by atoms with van der Waals surface area (Å²) in [5.74, 6) is 0. The molecule has 12 aromatic rings. The van der Waals surface area contributed by atoms with Crippen molar-refractivity contribution in [1.82, 2.24) is 4.57 Å². The van der Waals surface area contributed by atoms with E-state index < -0.39 is 0 Å². The first-order chi connectivity index (χ1) is 30.4. The SMILES string of the molecule is Cc1cc2c3c4c1c1cc5oc6ccccc6c5cc1n4-c1cc4oc5ccccc5c4cc1B3N(c1ccc(C(C)(C)C)cc1)c1cc3c(cc1-2)sc1ccc(C(C)(C)C)cc13. The van der Waals surface area contributed by atoms with Crippen LogP contribution < -0.4 is 15.7 Å². The summed E-state index contributed by atoms with van der Waals surface area (Å²) >= 11 is 1.91. The number of furan rings is 2. The van der Waals surface area contributed by atoms with Gasteiger partial charge in [-0.2, -0.15) is 0 Å². The summed E-state index contributed by atoms with van der Waals surface area (Å²) in [6.07, 6.45) is 0. The van der Waals surface area contributed by atoms with Crippen LogP contribution in [-0.4, -0.2) is 11.4 Å². The van der Waals surface area contributed by atoms with Crippen molar-refractivity contribution in [3.63, 3.8) is 0 Å². The number of aryl methyl sites for hydroxylation is 1. The fourth-order valence-corrected chi connectivity index (χ4v) is 12.4. The van der Waals surface area contributed by atoms with Gasteiger partial charge in [-0.15, -0.1) is 11.3 Å². The van der Waals surface area contributed by atoms with Crippen molar-refractivity contribution in [2.75, 3.05) is 4.81 Å². The van der Waals surface area contributed by atoms with Gasteiger partial charge in [0.2, 0.25) is 0 Å². The minimum atomic E-state index is -0.128. The van der Waals surface area contributed by atoms with Gasteiger partial charge in [-0.1, -0.05) is 108 Å². The van der Waals surface area contributed by atoms with Crippen LogP contribution in [0.2, 0.25) is 0 Å². The number of para-hydroxylation sites is 2. The average Bonchev–Trinajstić information content (AvgIpc) is 4.02. The lowest BCUT2D eigenvalue weighted by molar-refractivity contribution is 0.590. The quantitative estimate of drug-likeness (QED) is 0.155. The maximum Gasteiger partial charge on any atom is 0.333 e. The van der Waals surface area contributed by atoms with E-state index in [-0.39, 0.29) is 17.7 Å². The first-order valence-electron chi connectivity index (χ1n) is 22.2. The molecular weight excluding hydrogens is 788 g/mol. The van der Waals surface area contributed by atoms with E-state index >= 15 is 0 Å². The van der Waals surface area contributed by atoms with Gasteiger partial charge in [0.25, 0.3) is 0 Å². The zero-order valence-corrected chi connectivity index (χ0v) is 37.2. The molecule has 63 heavy (non-hydrogen) atoms. The third-order valence-corrected chi connectivity index (χ3v) is 15.5. The molecule has 0 atom stereocenters. The summed E-state index contributed by atoms with van der Waals surface area (Å²) in [6.45, 7) is 16.0. The second-order valence-corrected chi connectivity index (χ2v) is 21.3. The normalized spacial score (nSPS) is 13.9. The van der Waals surface area contributed by atoms with Crippen LogP contribution in [-0.2, 0) is 10.8 Å².